The van der Waals surface area contributed by atoms with Gasteiger partial charge in [-0.2, -0.15) is 0 Å². The van der Waals surface area contributed by atoms with Crippen molar-refractivity contribution < 1.29 is 9.53 Å². The molecule has 1 atom stereocenters. The monoisotopic (exact) mass is 237 g/mol. The van der Waals surface area contributed by atoms with Gasteiger partial charge in [-0.25, -0.2) is 4.79 Å². The number of hydrogen-bond donors (Lipinski definition) is 2. The fourth-order valence-electron chi connectivity index (χ4n) is 1.39. The Hall–Kier alpha value is -0.520. The molecule has 0 aliphatic carbocycles. The molecular weight excluding hydrogens is 218 g/mol. The Morgan fingerprint density at radius 1 is 1.53 bits per heavy atom. The molecule has 1 rings (SSSR count). The Kier molecular flexibility index (Phi) is 5.34. The molecule has 6 heteroatoms. The zero-order chi connectivity index (χ0) is 10.8. The average molecular weight is 238 g/mol. The third-order valence-electron chi connectivity index (χ3n) is 2.08. The standard InChI is InChI=1S/C9H19N3O2.ClH/c1-9(2,3)14-8(13)12-5-4-7(6-12)11-10;/h7,11H,4-6,10H2,1-3H3;1H. The molecule has 1 saturated heterocycles. The summed E-state index contributed by atoms with van der Waals surface area (Å²) in [5.41, 5.74) is 2.24. The van der Waals surface area contributed by atoms with Crippen LogP contribution in [0, 0.1) is 0 Å². The minimum absolute atomic E-state index is 0. The van der Waals surface area contributed by atoms with Crippen molar-refractivity contribution in [3.63, 3.8) is 0 Å². The van der Waals surface area contributed by atoms with E-state index in [1.165, 1.54) is 0 Å². The van der Waals surface area contributed by atoms with E-state index in [9.17, 15) is 4.79 Å². The van der Waals surface area contributed by atoms with Gasteiger partial charge in [0.2, 0.25) is 0 Å². The van der Waals surface area contributed by atoms with Crippen LogP contribution >= 0.6 is 12.4 Å². The number of likely N-dealkylation sites (tertiary alicyclic amines) is 1. The van der Waals surface area contributed by atoms with E-state index in [2.05, 4.69) is 5.43 Å². The van der Waals surface area contributed by atoms with Gasteiger partial charge in [0.15, 0.2) is 0 Å². The summed E-state index contributed by atoms with van der Waals surface area (Å²) in [6, 6.07) is 0.197. The lowest BCUT2D eigenvalue weighted by Gasteiger charge is -2.24. The molecule has 0 spiro atoms. The minimum atomic E-state index is -0.425. The Morgan fingerprint density at radius 2 is 2.13 bits per heavy atom. The first kappa shape index (κ1) is 14.5. The third kappa shape index (κ3) is 4.68. The summed E-state index contributed by atoms with van der Waals surface area (Å²) in [5.74, 6) is 5.29. The summed E-state index contributed by atoms with van der Waals surface area (Å²) in [7, 11) is 0. The van der Waals surface area contributed by atoms with Crippen molar-refractivity contribution in [1.29, 1.82) is 0 Å². The molecule has 0 aromatic heterocycles. The van der Waals surface area contributed by atoms with E-state index >= 15 is 0 Å². The van der Waals surface area contributed by atoms with Crippen LogP contribution in [0.4, 0.5) is 4.79 Å². The molecule has 0 bridgehead atoms. The summed E-state index contributed by atoms with van der Waals surface area (Å²) >= 11 is 0. The summed E-state index contributed by atoms with van der Waals surface area (Å²) in [6.07, 6.45) is 0.630. The summed E-state index contributed by atoms with van der Waals surface area (Å²) in [5, 5.41) is 0. The van der Waals surface area contributed by atoms with E-state index in [1.807, 2.05) is 20.8 Å². The van der Waals surface area contributed by atoms with E-state index in [1.54, 1.807) is 4.90 Å². The van der Waals surface area contributed by atoms with Gasteiger partial charge in [-0.1, -0.05) is 0 Å². The molecule has 1 unspecified atom stereocenters. The first-order valence-electron chi connectivity index (χ1n) is 4.86. The number of hydrogen-bond acceptors (Lipinski definition) is 4. The van der Waals surface area contributed by atoms with Crippen LogP contribution in [0.3, 0.4) is 0 Å². The van der Waals surface area contributed by atoms with Gasteiger partial charge in [-0.3, -0.25) is 11.3 Å². The lowest BCUT2D eigenvalue weighted by molar-refractivity contribution is 0.0291. The van der Waals surface area contributed by atoms with Crippen molar-refractivity contribution in [2.24, 2.45) is 5.84 Å². The Morgan fingerprint density at radius 3 is 2.53 bits per heavy atom. The molecule has 1 aliphatic rings. The molecule has 0 aromatic carbocycles. The van der Waals surface area contributed by atoms with Gasteiger partial charge in [0.25, 0.3) is 0 Å². The van der Waals surface area contributed by atoms with Crippen LogP contribution in [-0.4, -0.2) is 35.7 Å². The Balaban J connectivity index is 0.00000196. The van der Waals surface area contributed by atoms with Crippen LogP contribution in [0.1, 0.15) is 27.2 Å². The highest BCUT2D eigenvalue weighted by molar-refractivity contribution is 5.85. The van der Waals surface area contributed by atoms with Crippen molar-refractivity contribution in [3.05, 3.63) is 0 Å². The highest BCUT2D eigenvalue weighted by Crippen LogP contribution is 2.14. The zero-order valence-corrected chi connectivity index (χ0v) is 10.3. The van der Waals surface area contributed by atoms with Gasteiger partial charge in [-0.05, 0) is 27.2 Å². The van der Waals surface area contributed by atoms with Crippen molar-refractivity contribution in [1.82, 2.24) is 10.3 Å². The number of carbonyl (C=O) groups excluding carboxylic acids is 1. The molecule has 1 amide bonds. The molecule has 0 saturated carbocycles. The van der Waals surface area contributed by atoms with Crippen molar-refractivity contribution in [3.8, 4) is 0 Å². The Bertz CT molecular complexity index is 218. The SMILES string of the molecule is CC(C)(C)OC(=O)N1CCC(NN)C1.Cl. The van der Waals surface area contributed by atoms with Gasteiger partial charge in [0.05, 0.1) is 0 Å². The summed E-state index contributed by atoms with van der Waals surface area (Å²) in [4.78, 5) is 13.2. The van der Waals surface area contributed by atoms with Gasteiger partial charge < -0.3 is 9.64 Å². The van der Waals surface area contributed by atoms with Crippen molar-refractivity contribution in [2.75, 3.05) is 13.1 Å². The number of amides is 1. The van der Waals surface area contributed by atoms with Crippen molar-refractivity contribution >= 4 is 18.5 Å². The molecule has 0 aromatic rings. The second kappa shape index (κ2) is 5.53. The van der Waals surface area contributed by atoms with Crippen LogP contribution < -0.4 is 11.3 Å². The molecule has 3 N–H and O–H groups in total. The average Bonchev–Trinajstić information content (AvgIpc) is 2.48. The second-order valence-corrected chi connectivity index (χ2v) is 4.58. The van der Waals surface area contributed by atoms with E-state index in [0.717, 1.165) is 6.42 Å². The molecule has 15 heavy (non-hydrogen) atoms. The molecule has 1 aliphatic heterocycles. The van der Waals surface area contributed by atoms with Crippen molar-refractivity contribution in [2.45, 2.75) is 38.8 Å². The second-order valence-electron chi connectivity index (χ2n) is 4.58. The number of halogens is 1. The fourth-order valence-corrected chi connectivity index (χ4v) is 1.39. The van der Waals surface area contributed by atoms with Gasteiger partial charge in [-0.15, -0.1) is 12.4 Å². The first-order chi connectivity index (χ1) is 6.42. The van der Waals surface area contributed by atoms with Crippen LogP contribution in [0.2, 0.25) is 0 Å². The molecule has 1 heterocycles. The highest BCUT2D eigenvalue weighted by atomic mass is 35.5. The highest BCUT2D eigenvalue weighted by Gasteiger charge is 2.28. The predicted octanol–water partition coefficient (Wildman–Crippen LogP) is 0.881. The lowest BCUT2D eigenvalue weighted by Crippen LogP contribution is -2.40. The zero-order valence-electron chi connectivity index (χ0n) is 9.45. The van der Waals surface area contributed by atoms with Gasteiger partial charge in [0.1, 0.15) is 5.60 Å². The normalized spacial score (nSPS) is 21.1. The minimum Gasteiger partial charge on any atom is -0.444 e. The molecule has 0 radical (unpaired) electrons. The van der Waals surface area contributed by atoms with Crippen LogP contribution in [0.15, 0.2) is 0 Å². The molecular formula is C9H20ClN3O2. The summed E-state index contributed by atoms with van der Waals surface area (Å²) in [6.45, 7) is 6.92. The number of hydrazine groups is 1. The van der Waals surface area contributed by atoms with E-state index < -0.39 is 5.60 Å². The predicted molar refractivity (Wildman–Crippen MR) is 60.8 cm³/mol. The topological polar surface area (TPSA) is 67.6 Å². The first-order valence-corrected chi connectivity index (χ1v) is 4.86. The fraction of sp³-hybridized carbons (Fsp3) is 0.889. The largest absolute Gasteiger partial charge is 0.444 e. The third-order valence-corrected chi connectivity index (χ3v) is 2.08. The Labute approximate surface area is 96.7 Å². The maximum Gasteiger partial charge on any atom is 0.410 e. The maximum atomic E-state index is 11.6. The molecule has 1 fully saturated rings. The van der Waals surface area contributed by atoms with Crippen LogP contribution in [0.25, 0.3) is 0 Å². The van der Waals surface area contributed by atoms with E-state index in [-0.39, 0.29) is 24.5 Å². The number of rotatable bonds is 1. The quantitative estimate of drug-likeness (QED) is 0.525. The van der Waals surface area contributed by atoms with Crippen LogP contribution in [0.5, 0.6) is 0 Å². The lowest BCUT2D eigenvalue weighted by atomic mass is 10.2. The smallest absolute Gasteiger partial charge is 0.410 e. The van der Waals surface area contributed by atoms with Gasteiger partial charge in [0, 0.05) is 19.1 Å². The number of carbonyl (C=O) groups is 1. The maximum absolute atomic E-state index is 11.6. The number of ether oxygens (including phenoxy) is 1. The number of nitrogens with two attached hydrogens (primary N) is 1. The van der Waals surface area contributed by atoms with Crippen LogP contribution in [-0.2, 0) is 4.74 Å². The number of nitrogens with one attached hydrogen (secondary N) is 1. The molecule has 90 valence electrons. The number of nitrogens with zero attached hydrogens (tertiary/aromatic N) is 1. The molecule has 5 nitrogen and oxygen atoms in total. The van der Waals surface area contributed by atoms with E-state index in [0.29, 0.717) is 13.1 Å². The van der Waals surface area contributed by atoms with E-state index in [4.69, 9.17) is 10.6 Å². The van der Waals surface area contributed by atoms with Gasteiger partial charge >= 0.3 is 6.09 Å². The summed E-state index contributed by atoms with van der Waals surface area (Å²) < 4.78 is 5.23.